The van der Waals surface area contributed by atoms with Crippen LogP contribution in [0.15, 0.2) is 72.8 Å². The Balaban J connectivity index is 1.76. The summed E-state index contributed by atoms with van der Waals surface area (Å²) < 4.78 is 0. The first-order valence-electron chi connectivity index (χ1n) is 9.26. The summed E-state index contributed by atoms with van der Waals surface area (Å²) in [4.78, 5) is 0. The molecule has 130 valence electrons. The molecule has 0 atom stereocenters. The lowest BCUT2D eigenvalue weighted by molar-refractivity contribution is 0.742. The zero-order chi connectivity index (χ0) is 17.9. The fourth-order valence-electron chi connectivity index (χ4n) is 3.72. The van der Waals surface area contributed by atoms with Gasteiger partial charge in [0.05, 0.1) is 0 Å². The molecular formula is C24H24N2. The van der Waals surface area contributed by atoms with Crippen molar-refractivity contribution < 1.29 is 0 Å². The number of hydrogen-bond donors (Lipinski definition) is 2. The van der Waals surface area contributed by atoms with E-state index >= 15 is 0 Å². The second-order valence-corrected chi connectivity index (χ2v) is 6.95. The largest absolute Gasteiger partial charge is 0.398 e. The molecule has 4 N–H and O–H groups in total. The summed E-state index contributed by atoms with van der Waals surface area (Å²) in [5, 5.41) is 0. The predicted octanol–water partition coefficient (Wildman–Crippen LogP) is 6.14. The molecule has 0 saturated heterocycles. The molecule has 0 radical (unpaired) electrons. The van der Waals surface area contributed by atoms with Crippen LogP contribution in [0.4, 0.5) is 11.4 Å². The molecule has 0 heterocycles. The topological polar surface area (TPSA) is 52.0 Å². The van der Waals surface area contributed by atoms with Crippen LogP contribution in [-0.2, 0) is 0 Å². The Hall–Kier alpha value is -3.00. The minimum absolute atomic E-state index is 0.801. The van der Waals surface area contributed by atoms with Crippen molar-refractivity contribution in [1.29, 1.82) is 0 Å². The predicted molar refractivity (Wildman–Crippen MR) is 113 cm³/mol. The van der Waals surface area contributed by atoms with E-state index in [2.05, 4.69) is 48.5 Å². The number of hydrogen-bond acceptors (Lipinski definition) is 2. The highest BCUT2D eigenvalue weighted by atomic mass is 14.6. The minimum Gasteiger partial charge on any atom is -0.398 e. The maximum atomic E-state index is 6.28. The van der Waals surface area contributed by atoms with Crippen molar-refractivity contribution in [3.63, 3.8) is 0 Å². The van der Waals surface area contributed by atoms with E-state index in [9.17, 15) is 0 Å². The van der Waals surface area contributed by atoms with E-state index < -0.39 is 0 Å². The molecule has 0 fully saturated rings. The average molecular weight is 340 g/mol. The van der Waals surface area contributed by atoms with Crippen LogP contribution in [0.3, 0.4) is 0 Å². The minimum atomic E-state index is 0.801. The van der Waals surface area contributed by atoms with Crippen LogP contribution in [0.2, 0.25) is 0 Å². The number of rotatable bonds is 3. The first-order valence-corrected chi connectivity index (χ1v) is 9.26. The quantitative estimate of drug-likeness (QED) is 0.562. The molecule has 0 saturated carbocycles. The van der Waals surface area contributed by atoms with Gasteiger partial charge in [-0.15, -0.1) is 0 Å². The molecule has 2 nitrogen and oxygen atoms in total. The lowest BCUT2D eigenvalue weighted by Crippen LogP contribution is -1.98. The van der Waals surface area contributed by atoms with Gasteiger partial charge in [-0.1, -0.05) is 48.5 Å². The first kappa shape index (κ1) is 16.5. The van der Waals surface area contributed by atoms with Crippen LogP contribution >= 0.6 is 0 Å². The van der Waals surface area contributed by atoms with Gasteiger partial charge in [-0.3, -0.25) is 0 Å². The summed E-state index contributed by atoms with van der Waals surface area (Å²) in [6.07, 6.45) is 7.15. The zero-order valence-electron chi connectivity index (χ0n) is 14.9. The van der Waals surface area contributed by atoms with Crippen molar-refractivity contribution in [2.45, 2.75) is 25.7 Å². The summed E-state index contributed by atoms with van der Waals surface area (Å²) >= 11 is 0. The normalized spacial score (nSPS) is 14.1. The van der Waals surface area contributed by atoms with Gasteiger partial charge in [0.1, 0.15) is 0 Å². The summed E-state index contributed by atoms with van der Waals surface area (Å²) in [7, 11) is 0. The van der Waals surface area contributed by atoms with Gasteiger partial charge >= 0.3 is 0 Å². The molecule has 2 heteroatoms. The monoisotopic (exact) mass is 340 g/mol. The van der Waals surface area contributed by atoms with Gasteiger partial charge in [0.25, 0.3) is 0 Å². The van der Waals surface area contributed by atoms with Crippen molar-refractivity contribution >= 4 is 16.9 Å². The number of nitrogen functional groups attached to an aromatic ring is 2. The van der Waals surface area contributed by atoms with Crippen LogP contribution in [0.5, 0.6) is 0 Å². The fourth-order valence-corrected chi connectivity index (χ4v) is 3.72. The highest BCUT2D eigenvalue weighted by molar-refractivity contribution is 5.83. The van der Waals surface area contributed by atoms with Gasteiger partial charge in [0, 0.05) is 22.5 Å². The smallest absolute Gasteiger partial charge is 0.0393 e. The Morgan fingerprint density at radius 1 is 0.615 bits per heavy atom. The Kier molecular flexibility index (Phi) is 4.49. The highest BCUT2D eigenvalue weighted by Crippen LogP contribution is 2.35. The third kappa shape index (κ3) is 3.23. The van der Waals surface area contributed by atoms with Gasteiger partial charge in [-0.25, -0.2) is 0 Å². The highest BCUT2D eigenvalue weighted by Gasteiger charge is 2.11. The molecular weight excluding hydrogens is 316 g/mol. The van der Waals surface area contributed by atoms with Gasteiger partial charge < -0.3 is 11.5 Å². The van der Waals surface area contributed by atoms with Gasteiger partial charge in [0.15, 0.2) is 0 Å². The standard InChI is InChI=1S/C24H24N2/c25-23-12-5-4-11-21(23)20-10-6-9-18(15-20)19-13-14-24(26)22(16-19)17-7-2-1-3-8-17/h4-7,9-16H,1-3,8,25-26H2. The van der Waals surface area contributed by atoms with Crippen LogP contribution in [-0.4, -0.2) is 0 Å². The first-order chi connectivity index (χ1) is 12.7. The summed E-state index contributed by atoms with van der Waals surface area (Å²) in [5.41, 5.74) is 21.3. The van der Waals surface area contributed by atoms with Gasteiger partial charge in [0.2, 0.25) is 0 Å². The van der Waals surface area contributed by atoms with Crippen LogP contribution in [0, 0.1) is 0 Å². The summed E-state index contributed by atoms with van der Waals surface area (Å²) in [6, 6.07) is 22.9. The number of allylic oxidation sites excluding steroid dienone is 2. The van der Waals surface area contributed by atoms with E-state index in [1.54, 1.807) is 0 Å². The van der Waals surface area contributed by atoms with E-state index in [0.29, 0.717) is 0 Å². The van der Waals surface area contributed by atoms with Gasteiger partial charge in [-0.05, 0) is 72.2 Å². The second kappa shape index (κ2) is 7.09. The Morgan fingerprint density at radius 2 is 1.38 bits per heavy atom. The zero-order valence-corrected chi connectivity index (χ0v) is 14.9. The second-order valence-electron chi connectivity index (χ2n) is 6.95. The number of nitrogens with two attached hydrogens (primary N) is 2. The molecule has 3 aromatic carbocycles. The Morgan fingerprint density at radius 3 is 2.19 bits per heavy atom. The van der Waals surface area contributed by atoms with E-state index in [-0.39, 0.29) is 0 Å². The third-order valence-electron chi connectivity index (χ3n) is 5.16. The van der Waals surface area contributed by atoms with Crippen LogP contribution in [0.25, 0.3) is 27.8 Å². The molecule has 1 aliphatic carbocycles. The van der Waals surface area contributed by atoms with Crippen molar-refractivity contribution in [3.8, 4) is 22.3 Å². The molecule has 1 aliphatic rings. The maximum absolute atomic E-state index is 6.28. The molecule has 0 unspecified atom stereocenters. The van der Waals surface area contributed by atoms with Crippen molar-refractivity contribution in [2.24, 2.45) is 0 Å². The van der Waals surface area contributed by atoms with Crippen LogP contribution < -0.4 is 11.5 Å². The van der Waals surface area contributed by atoms with E-state index in [0.717, 1.165) is 35.3 Å². The number of benzene rings is 3. The van der Waals surface area contributed by atoms with Crippen molar-refractivity contribution in [2.75, 3.05) is 11.5 Å². The van der Waals surface area contributed by atoms with Crippen molar-refractivity contribution in [3.05, 3.63) is 78.4 Å². The van der Waals surface area contributed by atoms with E-state index in [1.165, 1.54) is 35.1 Å². The summed E-state index contributed by atoms with van der Waals surface area (Å²) in [5.74, 6) is 0. The molecule has 26 heavy (non-hydrogen) atoms. The lowest BCUT2D eigenvalue weighted by Gasteiger charge is -2.16. The fraction of sp³-hybridized carbons (Fsp3) is 0.167. The average Bonchev–Trinajstić information content (AvgIpc) is 2.69. The van der Waals surface area contributed by atoms with E-state index in [4.69, 9.17) is 11.5 Å². The van der Waals surface area contributed by atoms with Crippen LogP contribution in [0.1, 0.15) is 31.2 Å². The molecule has 0 amide bonds. The van der Waals surface area contributed by atoms with Crippen molar-refractivity contribution in [1.82, 2.24) is 0 Å². The van der Waals surface area contributed by atoms with E-state index in [1.807, 2.05) is 24.3 Å². The van der Waals surface area contributed by atoms with Gasteiger partial charge in [-0.2, -0.15) is 0 Å². The number of anilines is 2. The molecule has 0 bridgehead atoms. The molecule has 4 rings (SSSR count). The maximum Gasteiger partial charge on any atom is 0.0393 e. The molecule has 3 aromatic rings. The molecule has 0 spiro atoms. The lowest BCUT2D eigenvalue weighted by atomic mass is 9.90. The summed E-state index contributed by atoms with van der Waals surface area (Å²) in [6.45, 7) is 0. The molecule has 0 aliphatic heterocycles. The third-order valence-corrected chi connectivity index (χ3v) is 5.16. The Bertz CT molecular complexity index is 969. The Labute approximate surface area is 155 Å². The molecule has 0 aromatic heterocycles. The SMILES string of the molecule is Nc1ccc(-c2cccc(-c3ccccc3N)c2)cc1C1=CCCCC1. The number of para-hydroxylation sites is 1.